The average Bonchev–Trinajstić information content (AvgIpc) is 3.15. The number of nitrogens with one attached hydrogen (secondary N) is 1. The van der Waals surface area contributed by atoms with Crippen LogP contribution in [0, 0.1) is 6.92 Å². The summed E-state index contributed by atoms with van der Waals surface area (Å²) in [7, 11) is 0. The summed E-state index contributed by atoms with van der Waals surface area (Å²) in [6.45, 7) is 8.74. The van der Waals surface area contributed by atoms with Gasteiger partial charge >= 0.3 is 0 Å². The van der Waals surface area contributed by atoms with E-state index < -0.39 is 0 Å². The quantitative estimate of drug-likeness (QED) is 0.446. The maximum Gasteiger partial charge on any atom is 0.188 e. The van der Waals surface area contributed by atoms with Crippen LogP contribution in [0.25, 0.3) is 0 Å². The van der Waals surface area contributed by atoms with Crippen molar-refractivity contribution >= 4 is 5.96 Å². The molecule has 1 aliphatic heterocycles. The molecule has 1 saturated carbocycles. The summed E-state index contributed by atoms with van der Waals surface area (Å²) < 4.78 is 5.38. The zero-order valence-corrected chi connectivity index (χ0v) is 16.2. The van der Waals surface area contributed by atoms with Crippen molar-refractivity contribution in [3.63, 3.8) is 0 Å². The van der Waals surface area contributed by atoms with Crippen molar-refractivity contribution in [3.05, 3.63) is 35.4 Å². The number of guanidine groups is 1. The van der Waals surface area contributed by atoms with E-state index in [4.69, 9.17) is 15.5 Å². The van der Waals surface area contributed by atoms with Crippen molar-refractivity contribution in [1.29, 1.82) is 0 Å². The van der Waals surface area contributed by atoms with Crippen molar-refractivity contribution in [1.82, 2.24) is 10.2 Å². The lowest BCUT2D eigenvalue weighted by Gasteiger charge is -2.28. The van der Waals surface area contributed by atoms with E-state index in [1.54, 1.807) is 0 Å². The second kappa shape index (κ2) is 9.38. The molecule has 0 aromatic heterocycles. The van der Waals surface area contributed by atoms with E-state index in [1.807, 2.05) is 0 Å². The highest BCUT2D eigenvalue weighted by molar-refractivity contribution is 5.77. The van der Waals surface area contributed by atoms with Crippen molar-refractivity contribution in [3.8, 4) is 0 Å². The van der Waals surface area contributed by atoms with Gasteiger partial charge in [0.15, 0.2) is 5.96 Å². The van der Waals surface area contributed by atoms with Crippen LogP contribution >= 0.6 is 0 Å². The molecule has 0 spiro atoms. The maximum atomic E-state index is 6.14. The van der Waals surface area contributed by atoms with Crippen molar-refractivity contribution in [2.24, 2.45) is 10.7 Å². The molecule has 1 aliphatic carbocycles. The molecule has 1 heterocycles. The maximum absolute atomic E-state index is 6.14. The Bertz CT molecular complexity index is 589. The zero-order chi connectivity index (χ0) is 18.2. The molecule has 0 bridgehead atoms. The lowest BCUT2D eigenvalue weighted by Crippen LogP contribution is -2.39. The van der Waals surface area contributed by atoms with Crippen molar-refractivity contribution < 1.29 is 4.74 Å². The zero-order valence-electron chi connectivity index (χ0n) is 16.2. The van der Waals surface area contributed by atoms with Gasteiger partial charge < -0.3 is 15.8 Å². The summed E-state index contributed by atoms with van der Waals surface area (Å²) in [5, 5.41) is 3.30. The number of morpholine rings is 1. The van der Waals surface area contributed by atoms with Crippen molar-refractivity contribution in [2.45, 2.75) is 44.4 Å². The Morgan fingerprint density at radius 1 is 1.27 bits per heavy atom. The Morgan fingerprint density at radius 2 is 2.04 bits per heavy atom. The van der Waals surface area contributed by atoms with Gasteiger partial charge in [-0.15, -0.1) is 0 Å². The minimum absolute atomic E-state index is 0.173. The van der Waals surface area contributed by atoms with E-state index in [0.29, 0.717) is 5.96 Å². The summed E-state index contributed by atoms with van der Waals surface area (Å²) >= 11 is 0. The number of aryl methyl sites for hydroxylation is 1. The van der Waals surface area contributed by atoms with Gasteiger partial charge in [0, 0.05) is 25.0 Å². The van der Waals surface area contributed by atoms with Crippen LogP contribution in [-0.2, 0) is 10.2 Å². The number of hydrogen-bond donors (Lipinski definition) is 2. The van der Waals surface area contributed by atoms with E-state index in [1.165, 1.54) is 36.8 Å². The molecule has 0 unspecified atom stereocenters. The molecule has 0 amide bonds. The number of aliphatic imine (C=N–C) groups is 1. The van der Waals surface area contributed by atoms with Gasteiger partial charge in [-0.1, -0.05) is 42.7 Å². The van der Waals surface area contributed by atoms with E-state index in [2.05, 4.69) is 41.4 Å². The van der Waals surface area contributed by atoms with E-state index in [-0.39, 0.29) is 5.41 Å². The van der Waals surface area contributed by atoms with Gasteiger partial charge in [-0.2, -0.15) is 0 Å². The Kier molecular flexibility index (Phi) is 6.92. The van der Waals surface area contributed by atoms with Crippen LogP contribution in [0.2, 0.25) is 0 Å². The molecule has 1 aromatic carbocycles. The Labute approximate surface area is 158 Å². The molecule has 5 nitrogen and oxygen atoms in total. The third-order valence-electron chi connectivity index (χ3n) is 5.80. The fourth-order valence-electron chi connectivity index (χ4n) is 4.20. The Morgan fingerprint density at radius 3 is 2.77 bits per heavy atom. The van der Waals surface area contributed by atoms with Gasteiger partial charge in [0.05, 0.1) is 19.8 Å². The Hall–Kier alpha value is -1.59. The smallest absolute Gasteiger partial charge is 0.188 e. The van der Waals surface area contributed by atoms with Gasteiger partial charge in [-0.05, 0) is 38.3 Å². The van der Waals surface area contributed by atoms with Crippen LogP contribution in [0.3, 0.4) is 0 Å². The van der Waals surface area contributed by atoms with Crippen LogP contribution in [0.4, 0.5) is 0 Å². The molecule has 3 N–H and O–H groups in total. The highest BCUT2D eigenvalue weighted by Gasteiger charge is 2.35. The summed E-state index contributed by atoms with van der Waals surface area (Å²) in [5.74, 6) is 0.589. The third kappa shape index (κ3) is 5.21. The minimum atomic E-state index is 0.173. The molecular formula is C21H34N4O. The number of hydrogen-bond acceptors (Lipinski definition) is 3. The Balaban J connectivity index is 1.48. The van der Waals surface area contributed by atoms with Gasteiger partial charge in [0.25, 0.3) is 0 Å². The standard InChI is InChI=1S/C21H34N4O/c1-18-6-4-7-19(16-18)21(8-2-3-9-21)17-24-20(22)23-10-5-11-25-12-14-26-15-13-25/h4,6-7,16H,2-3,5,8-15,17H2,1H3,(H3,22,23,24). The fourth-order valence-corrected chi connectivity index (χ4v) is 4.20. The van der Waals surface area contributed by atoms with Gasteiger partial charge in [-0.25, -0.2) is 0 Å². The van der Waals surface area contributed by atoms with Crippen LogP contribution in [0.5, 0.6) is 0 Å². The first-order valence-electron chi connectivity index (χ1n) is 10.1. The largest absolute Gasteiger partial charge is 0.379 e. The SMILES string of the molecule is Cc1cccc(C2(CN=C(N)NCCCN3CCOCC3)CCCC2)c1. The van der Waals surface area contributed by atoms with Crippen molar-refractivity contribution in [2.75, 3.05) is 45.9 Å². The summed E-state index contributed by atoms with van der Waals surface area (Å²) in [4.78, 5) is 7.17. The van der Waals surface area contributed by atoms with Crippen LogP contribution < -0.4 is 11.1 Å². The first kappa shape index (κ1) is 19.2. The summed E-state index contributed by atoms with van der Waals surface area (Å²) in [6, 6.07) is 8.92. The molecule has 3 rings (SSSR count). The number of rotatable bonds is 7. The molecule has 0 radical (unpaired) electrons. The second-order valence-electron chi connectivity index (χ2n) is 7.79. The molecule has 2 fully saturated rings. The molecule has 2 aliphatic rings. The van der Waals surface area contributed by atoms with Gasteiger partial charge in [-0.3, -0.25) is 9.89 Å². The second-order valence-corrected chi connectivity index (χ2v) is 7.79. The normalized spacial score (nSPS) is 21.0. The molecule has 144 valence electrons. The van der Waals surface area contributed by atoms with E-state index >= 15 is 0 Å². The number of ether oxygens (including phenoxy) is 1. The highest BCUT2D eigenvalue weighted by Crippen LogP contribution is 2.41. The molecule has 0 atom stereocenters. The molecule has 1 saturated heterocycles. The third-order valence-corrected chi connectivity index (χ3v) is 5.80. The number of benzene rings is 1. The van der Waals surface area contributed by atoms with Crippen LogP contribution in [-0.4, -0.2) is 56.8 Å². The first-order chi connectivity index (χ1) is 12.7. The number of nitrogens with zero attached hydrogens (tertiary/aromatic N) is 2. The van der Waals surface area contributed by atoms with E-state index in [0.717, 1.165) is 52.4 Å². The molecule has 1 aromatic rings. The van der Waals surface area contributed by atoms with Gasteiger partial charge in [0.2, 0.25) is 0 Å². The monoisotopic (exact) mass is 358 g/mol. The van der Waals surface area contributed by atoms with Gasteiger partial charge in [0.1, 0.15) is 0 Å². The first-order valence-corrected chi connectivity index (χ1v) is 10.1. The minimum Gasteiger partial charge on any atom is -0.379 e. The summed E-state index contributed by atoms with van der Waals surface area (Å²) in [5.41, 5.74) is 9.07. The van der Waals surface area contributed by atoms with E-state index in [9.17, 15) is 0 Å². The molecule has 26 heavy (non-hydrogen) atoms. The molecular weight excluding hydrogens is 324 g/mol. The highest BCUT2D eigenvalue weighted by atomic mass is 16.5. The topological polar surface area (TPSA) is 62.9 Å². The fraction of sp³-hybridized carbons (Fsp3) is 0.667. The predicted molar refractivity (Wildman–Crippen MR) is 108 cm³/mol. The molecule has 5 heteroatoms. The van der Waals surface area contributed by atoms with Crippen LogP contribution in [0.15, 0.2) is 29.3 Å². The number of nitrogens with two attached hydrogens (primary N) is 1. The summed E-state index contributed by atoms with van der Waals surface area (Å²) in [6.07, 6.45) is 6.08. The predicted octanol–water partition coefficient (Wildman–Crippen LogP) is 2.43. The average molecular weight is 359 g/mol. The lowest BCUT2D eigenvalue weighted by atomic mass is 9.78. The van der Waals surface area contributed by atoms with Crippen LogP contribution in [0.1, 0.15) is 43.2 Å². The lowest BCUT2D eigenvalue weighted by molar-refractivity contribution is 0.0376.